The zero-order valence-electron chi connectivity index (χ0n) is 17.8. The Balaban J connectivity index is 1.88. The highest BCUT2D eigenvalue weighted by Gasteiger charge is 2.30. The molecule has 154 valence electrons. The monoisotopic (exact) mass is 383 g/mol. The maximum Gasteiger partial charge on any atom is 0.0110 e. The Hall–Kier alpha value is 0.310. The molecule has 0 saturated heterocycles. The molecule has 0 aromatic carbocycles. The second kappa shape index (κ2) is 13.5. The Kier molecular flexibility index (Phi) is 11.7. The Labute approximate surface area is 165 Å². The van der Waals surface area contributed by atoms with E-state index in [9.17, 15) is 0 Å². The predicted molar refractivity (Wildman–Crippen MR) is 119 cm³/mol. The highest BCUT2D eigenvalue weighted by Crippen LogP contribution is 2.55. The van der Waals surface area contributed by atoms with Crippen molar-refractivity contribution >= 4 is 7.92 Å². The normalized spacial score (nSPS) is 20.5. The number of hydrogen-bond donors (Lipinski definition) is 1. The summed E-state index contributed by atoms with van der Waals surface area (Å²) in [6.07, 6.45) is 16.7. The predicted octanol–water partition coefficient (Wildman–Crippen LogP) is 4.74. The minimum absolute atomic E-state index is 0.230. The third-order valence-corrected chi connectivity index (χ3v) is 10.5. The molecule has 0 bridgehead atoms. The van der Waals surface area contributed by atoms with Crippen molar-refractivity contribution in [2.45, 2.75) is 89.4 Å². The van der Waals surface area contributed by atoms with Crippen LogP contribution in [0.5, 0.6) is 0 Å². The first-order valence-corrected chi connectivity index (χ1v) is 13.4. The van der Waals surface area contributed by atoms with E-state index in [1.807, 2.05) is 0 Å². The van der Waals surface area contributed by atoms with Gasteiger partial charge in [-0.3, -0.25) is 0 Å². The molecule has 4 heteroatoms. The fourth-order valence-electron chi connectivity index (χ4n) is 5.09. The molecule has 26 heavy (non-hydrogen) atoms. The van der Waals surface area contributed by atoms with Crippen molar-refractivity contribution < 1.29 is 0 Å². The minimum atomic E-state index is 0.230. The number of likely N-dealkylation sites (N-methyl/N-ethyl adjacent to an activating group) is 1. The highest BCUT2D eigenvalue weighted by molar-refractivity contribution is 7.59. The lowest BCUT2D eigenvalue weighted by Gasteiger charge is -2.39. The zero-order chi connectivity index (χ0) is 18.6. The van der Waals surface area contributed by atoms with Gasteiger partial charge in [0.15, 0.2) is 0 Å². The molecule has 3 nitrogen and oxygen atoms in total. The quantitative estimate of drug-likeness (QED) is 0.494. The van der Waals surface area contributed by atoms with Gasteiger partial charge >= 0.3 is 0 Å². The molecule has 2 fully saturated rings. The van der Waals surface area contributed by atoms with Crippen LogP contribution < -0.4 is 5.73 Å². The van der Waals surface area contributed by atoms with Crippen LogP contribution in [0, 0.1) is 0 Å². The van der Waals surface area contributed by atoms with E-state index in [-0.39, 0.29) is 7.92 Å². The second-order valence-corrected chi connectivity index (χ2v) is 11.4. The molecule has 0 heterocycles. The van der Waals surface area contributed by atoms with Crippen LogP contribution in [0.4, 0.5) is 0 Å². The van der Waals surface area contributed by atoms with Gasteiger partial charge in [-0.05, 0) is 56.3 Å². The molecule has 0 spiro atoms. The Morgan fingerprint density at radius 1 is 0.692 bits per heavy atom. The van der Waals surface area contributed by atoms with Gasteiger partial charge in [0.1, 0.15) is 0 Å². The van der Waals surface area contributed by atoms with Gasteiger partial charge in [-0.2, -0.15) is 0 Å². The van der Waals surface area contributed by atoms with E-state index in [2.05, 4.69) is 23.6 Å². The van der Waals surface area contributed by atoms with Crippen molar-refractivity contribution in [1.82, 2.24) is 9.80 Å². The Morgan fingerprint density at radius 2 is 1.19 bits per heavy atom. The third-order valence-electron chi connectivity index (χ3n) is 6.83. The lowest BCUT2D eigenvalue weighted by molar-refractivity contribution is 0.225. The highest BCUT2D eigenvalue weighted by atomic mass is 31.1. The first kappa shape index (κ1) is 22.6. The first-order valence-electron chi connectivity index (χ1n) is 11.7. The standard InChI is InChI=1S/C22H46N3P/c1-3-24(4-2)17-18-25(16-15-23)19-20-26(21-11-7-5-8-12-21)22-13-9-6-10-14-22/h21-22H,3-20,23H2,1-2H3. The van der Waals surface area contributed by atoms with Crippen molar-refractivity contribution in [2.24, 2.45) is 5.73 Å². The molecule has 0 aliphatic heterocycles. The molecule has 0 aromatic heterocycles. The van der Waals surface area contributed by atoms with Crippen molar-refractivity contribution in [1.29, 1.82) is 0 Å². The number of nitrogens with zero attached hydrogens (tertiary/aromatic N) is 2. The van der Waals surface area contributed by atoms with Crippen LogP contribution in [0.1, 0.15) is 78.1 Å². The molecule has 2 rings (SSSR count). The SMILES string of the molecule is CCN(CC)CCN(CCN)CCP(C1CCCCC1)C1CCCCC1. The molecule has 2 N–H and O–H groups in total. The topological polar surface area (TPSA) is 32.5 Å². The van der Waals surface area contributed by atoms with Gasteiger partial charge in [-0.1, -0.05) is 60.3 Å². The van der Waals surface area contributed by atoms with Gasteiger partial charge in [0.25, 0.3) is 0 Å². The first-order chi connectivity index (χ1) is 12.8. The van der Waals surface area contributed by atoms with Crippen LogP contribution in [0.2, 0.25) is 0 Å². The summed E-state index contributed by atoms with van der Waals surface area (Å²) in [5.41, 5.74) is 8.12. The summed E-state index contributed by atoms with van der Waals surface area (Å²) in [7, 11) is 0.230. The summed E-state index contributed by atoms with van der Waals surface area (Å²) in [5.74, 6) is 0. The molecule has 2 aliphatic rings. The molecule has 0 aromatic rings. The maximum atomic E-state index is 5.94. The fraction of sp³-hybridized carbons (Fsp3) is 1.00. The van der Waals surface area contributed by atoms with E-state index < -0.39 is 0 Å². The summed E-state index contributed by atoms with van der Waals surface area (Å²) >= 11 is 0. The average molecular weight is 384 g/mol. The van der Waals surface area contributed by atoms with Gasteiger partial charge in [0.2, 0.25) is 0 Å². The number of hydrogen-bond acceptors (Lipinski definition) is 3. The molecule has 2 aliphatic carbocycles. The number of nitrogens with two attached hydrogens (primary N) is 1. The summed E-state index contributed by atoms with van der Waals surface area (Å²) in [4.78, 5) is 5.23. The van der Waals surface area contributed by atoms with Crippen LogP contribution in [0.25, 0.3) is 0 Å². The van der Waals surface area contributed by atoms with E-state index in [0.29, 0.717) is 0 Å². The second-order valence-electron chi connectivity index (χ2n) is 8.48. The van der Waals surface area contributed by atoms with Gasteiger partial charge in [0, 0.05) is 32.7 Å². The lowest BCUT2D eigenvalue weighted by Crippen LogP contribution is -2.39. The van der Waals surface area contributed by atoms with Crippen molar-refractivity contribution in [3.05, 3.63) is 0 Å². The number of rotatable bonds is 12. The Bertz CT molecular complexity index is 318. The van der Waals surface area contributed by atoms with Crippen molar-refractivity contribution in [3.63, 3.8) is 0 Å². The van der Waals surface area contributed by atoms with Crippen LogP contribution in [0.3, 0.4) is 0 Å². The summed E-state index contributed by atoms with van der Waals surface area (Å²) < 4.78 is 0. The molecule has 0 unspecified atom stereocenters. The largest absolute Gasteiger partial charge is 0.329 e. The summed E-state index contributed by atoms with van der Waals surface area (Å²) in [5, 5.41) is 0. The summed E-state index contributed by atoms with van der Waals surface area (Å²) in [6, 6.07) is 0. The minimum Gasteiger partial charge on any atom is -0.329 e. The zero-order valence-corrected chi connectivity index (χ0v) is 18.7. The smallest absolute Gasteiger partial charge is 0.0110 e. The third kappa shape index (κ3) is 7.74. The van der Waals surface area contributed by atoms with Gasteiger partial charge in [-0.25, -0.2) is 0 Å². The van der Waals surface area contributed by atoms with Crippen molar-refractivity contribution in [2.75, 3.05) is 52.0 Å². The molecular formula is C22H46N3P. The Morgan fingerprint density at radius 3 is 1.65 bits per heavy atom. The molecule has 0 radical (unpaired) electrons. The average Bonchev–Trinajstić information content (AvgIpc) is 2.70. The molecular weight excluding hydrogens is 337 g/mol. The lowest BCUT2D eigenvalue weighted by atomic mass is 9.99. The van der Waals surface area contributed by atoms with E-state index in [1.165, 1.54) is 77.4 Å². The van der Waals surface area contributed by atoms with Crippen LogP contribution >= 0.6 is 7.92 Å². The molecule has 0 atom stereocenters. The molecule has 2 saturated carbocycles. The van der Waals surface area contributed by atoms with Gasteiger partial charge < -0.3 is 15.5 Å². The van der Waals surface area contributed by atoms with E-state index in [1.54, 1.807) is 25.7 Å². The maximum absolute atomic E-state index is 5.94. The van der Waals surface area contributed by atoms with Crippen LogP contribution in [-0.2, 0) is 0 Å². The van der Waals surface area contributed by atoms with Gasteiger partial charge in [0.05, 0.1) is 0 Å². The fourth-order valence-corrected chi connectivity index (χ4v) is 8.98. The van der Waals surface area contributed by atoms with Crippen LogP contribution in [-0.4, -0.2) is 73.1 Å². The van der Waals surface area contributed by atoms with E-state index >= 15 is 0 Å². The van der Waals surface area contributed by atoms with E-state index in [0.717, 1.165) is 24.4 Å². The van der Waals surface area contributed by atoms with E-state index in [4.69, 9.17) is 5.73 Å². The van der Waals surface area contributed by atoms with Gasteiger partial charge in [-0.15, -0.1) is 0 Å². The summed E-state index contributed by atoms with van der Waals surface area (Å²) in [6.45, 7) is 12.5. The van der Waals surface area contributed by atoms with Crippen LogP contribution in [0.15, 0.2) is 0 Å². The van der Waals surface area contributed by atoms with Crippen molar-refractivity contribution in [3.8, 4) is 0 Å². The molecule has 0 amide bonds.